The quantitative estimate of drug-likeness (QED) is 0.925. The van der Waals surface area contributed by atoms with Crippen molar-refractivity contribution in [3.63, 3.8) is 0 Å². The third-order valence-electron chi connectivity index (χ3n) is 2.74. The van der Waals surface area contributed by atoms with Gasteiger partial charge in [0.1, 0.15) is 4.60 Å². The first kappa shape index (κ1) is 11.4. The monoisotopic (exact) mass is 290 g/mol. The summed E-state index contributed by atoms with van der Waals surface area (Å²) >= 11 is 4.98. The van der Waals surface area contributed by atoms with Gasteiger partial charge in [-0.1, -0.05) is 6.92 Å². The van der Waals surface area contributed by atoms with Crippen molar-refractivity contribution in [2.75, 3.05) is 18.5 Å². The van der Waals surface area contributed by atoms with Crippen LogP contribution in [0.1, 0.15) is 19.8 Å². The molecule has 2 atom stereocenters. The fourth-order valence-corrected chi connectivity index (χ4v) is 3.09. The lowest BCUT2D eigenvalue weighted by Gasteiger charge is -2.16. The Hall–Kier alpha value is -0.130. The number of ether oxygens (including phenoxy) is 1. The van der Waals surface area contributed by atoms with Crippen LogP contribution < -0.4 is 5.32 Å². The van der Waals surface area contributed by atoms with Crippen LogP contribution in [-0.4, -0.2) is 24.2 Å². The zero-order chi connectivity index (χ0) is 10.7. The highest BCUT2D eigenvalue weighted by atomic mass is 79.9. The van der Waals surface area contributed by atoms with E-state index in [9.17, 15) is 0 Å². The minimum Gasteiger partial charge on any atom is -0.378 e. The predicted octanol–water partition coefficient (Wildman–Crippen LogP) is 3.13. The molecule has 1 aliphatic heterocycles. The first-order chi connectivity index (χ1) is 7.29. The number of hydrogen-bond acceptors (Lipinski definition) is 4. The fourth-order valence-electron chi connectivity index (χ4n) is 1.93. The Bertz CT molecular complexity index is 318. The van der Waals surface area contributed by atoms with Crippen molar-refractivity contribution in [3.05, 3.63) is 9.98 Å². The van der Waals surface area contributed by atoms with E-state index in [0.717, 1.165) is 35.7 Å². The minimum atomic E-state index is 0.431. The van der Waals surface area contributed by atoms with Gasteiger partial charge in [-0.25, -0.2) is 4.98 Å². The summed E-state index contributed by atoms with van der Waals surface area (Å²) in [5.74, 6) is 0.637. The summed E-state index contributed by atoms with van der Waals surface area (Å²) in [5, 5.41) is 6.35. The van der Waals surface area contributed by atoms with Crippen molar-refractivity contribution in [2.24, 2.45) is 5.92 Å². The summed E-state index contributed by atoms with van der Waals surface area (Å²) in [4.78, 5) is 4.31. The number of nitrogens with one attached hydrogen (secondary N) is 1. The largest absolute Gasteiger partial charge is 0.378 e. The van der Waals surface area contributed by atoms with Crippen LogP contribution in [0, 0.1) is 5.92 Å². The van der Waals surface area contributed by atoms with E-state index in [0.29, 0.717) is 12.0 Å². The molecule has 2 rings (SSSR count). The van der Waals surface area contributed by atoms with Crippen LogP contribution in [0.3, 0.4) is 0 Å². The summed E-state index contributed by atoms with van der Waals surface area (Å²) in [7, 11) is 0. The number of thiazole rings is 1. The second-order valence-electron chi connectivity index (χ2n) is 3.72. The van der Waals surface area contributed by atoms with Gasteiger partial charge in [0.2, 0.25) is 0 Å². The van der Waals surface area contributed by atoms with Crippen molar-refractivity contribution in [3.8, 4) is 0 Å². The third kappa shape index (κ3) is 2.92. The first-order valence-corrected chi connectivity index (χ1v) is 6.93. The molecule has 15 heavy (non-hydrogen) atoms. The van der Waals surface area contributed by atoms with Crippen LogP contribution in [0.5, 0.6) is 0 Å². The molecule has 2 unspecified atom stereocenters. The highest BCUT2D eigenvalue weighted by Crippen LogP contribution is 2.25. The van der Waals surface area contributed by atoms with Crippen molar-refractivity contribution in [1.82, 2.24) is 4.98 Å². The molecule has 1 aromatic rings. The maximum atomic E-state index is 5.64. The van der Waals surface area contributed by atoms with Gasteiger partial charge in [0.25, 0.3) is 0 Å². The van der Waals surface area contributed by atoms with E-state index < -0.39 is 0 Å². The van der Waals surface area contributed by atoms with Gasteiger partial charge in [-0.3, -0.25) is 0 Å². The van der Waals surface area contributed by atoms with Gasteiger partial charge in [0.15, 0.2) is 5.13 Å². The molecule has 0 amide bonds. The average molecular weight is 291 g/mol. The number of anilines is 1. The number of aromatic nitrogens is 1. The maximum Gasteiger partial charge on any atom is 0.183 e. The zero-order valence-corrected chi connectivity index (χ0v) is 11.1. The molecule has 3 nitrogen and oxygen atoms in total. The number of halogens is 1. The number of nitrogens with zero attached hydrogens (tertiary/aromatic N) is 1. The molecule has 0 spiro atoms. The SMILES string of the molecule is CCC1OCCC1CNc1nc(Br)cs1. The molecule has 0 aromatic carbocycles. The molecule has 1 aromatic heterocycles. The normalized spacial score (nSPS) is 25.7. The molecule has 84 valence electrons. The Kier molecular flexibility index (Phi) is 3.99. The van der Waals surface area contributed by atoms with Gasteiger partial charge < -0.3 is 10.1 Å². The van der Waals surface area contributed by atoms with Gasteiger partial charge >= 0.3 is 0 Å². The third-order valence-corrected chi connectivity index (χ3v) is 4.25. The summed E-state index contributed by atoms with van der Waals surface area (Å²) in [6.45, 7) is 4.06. The molecule has 0 radical (unpaired) electrons. The second-order valence-corrected chi connectivity index (χ2v) is 5.39. The molecule has 0 aliphatic carbocycles. The lowest BCUT2D eigenvalue weighted by Crippen LogP contribution is -2.22. The Labute approximate surface area is 102 Å². The topological polar surface area (TPSA) is 34.1 Å². The molecule has 5 heteroatoms. The maximum absolute atomic E-state index is 5.64. The summed E-state index contributed by atoms with van der Waals surface area (Å²) in [6, 6.07) is 0. The van der Waals surface area contributed by atoms with Gasteiger partial charge in [-0.15, -0.1) is 11.3 Å². The standard InChI is InChI=1S/C10H15BrN2OS/c1-2-8-7(3-4-14-8)5-12-10-13-9(11)6-15-10/h6-8H,2-5H2,1H3,(H,12,13). The van der Waals surface area contributed by atoms with Gasteiger partial charge in [-0.2, -0.15) is 0 Å². The van der Waals surface area contributed by atoms with Crippen LogP contribution >= 0.6 is 27.3 Å². The van der Waals surface area contributed by atoms with Crippen LogP contribution in [0.15, 0.2) is 9.98 Å². The molecule has 1 fully saturated rings. The molecular weight excluding hydrogens is 276 g/mol. The van der Waals surface area contributed by atoms with E-state index >= 15 is 0 Å². The first-order valence-electron chi connectivity index (χ1n) is 5.26. The van der Waals surface area contributed by atoms with Crippen molar-refractivity contribution < 1.29 is 4.74 Å². The fraction of sp³-hybridized carbons (Fsp3) is 0.700. The summed E-state index contributed by atoms with van der Waals surface area (Å²) < 4.78 is 6.55. The number of rotatable bonds is 4. The minimum absolute atomic E-state index is 0.431. The molecular formula is C10H15BrN2OS. The van der Waals surface area contributed by atoms with E-state index in [2.05, 4.69) is 33.2 Å². The highest BCUT2D eigenvalue weighted by Gasteiger charge is 2.26. The van der Waals surface area contributed by atoms with Gasteiger partial charge in [0, 0.05) is 24.4 Å². The number of hydrogen-bond donors (Lipinski definition) is 1. The smallest absolute Gasteiger partial charge is 0.183 e. The van der Waals surface area contributed by atoms with Crippen LogP contribution in [0.2, 0.25) is 0 Å². The second kappa shape index (κ2) is 5.27. The molecule has 0 saturated carbocycles. The Balaban J connectivity index is 1.82. The Morgan fingerprint density at radius 1 is 1.73 bits per heavy atom. The van der Waals surface area contributed by atoms with Crippen molar-refractivity contribution in [1.29, 1.82) is 0 Å². The average Bonchev–Trinajstić information content (AvgIpc) is 2.83. The van der Waals surface area contributed by atoms with Crippen molar-refractivity contribution >= 4 is 32.4 Å². The van der Waals surface area contributed by atoms with E-state index in [1.54, 1.807) is 11.3 Å². The zero-order valence-electron chi connectivity index (χ0n) is 8.70. The van der Waals surface area contributed by atoms with Gasteiger partial charge in [0.05, 0.1) is 6.10 Å². The van der Waals surface area contributed by atoms with Gasteiger partial charge in [-0.05, 0) is 28.8 Å². The van der Waals surface area contributed by atoms with E-state index in [4.69, 9.17) is 4.74 Å². The molecule has 1 aliphatic rings. The van der Waals surface area contributed by atoms with E-state index in [1.807, 2.05) is 5.38 Å². The van der Waals surface area contributed by atoms with Crippen LogP contribution in [0.25, 0.3) is 0 Å². The lowest BCUT2D eigenvalue weighted by atomic mass is 10.00. The Morgan fingerprint density at radius 2 is 2.60 bits per heavy atom. The molecule has 1 saturated heterocycles. The molecule has 1 N–H and O–H groups in total. The summed E-state index contributed by atoms with van der Waals surface area (Å²) in [6.07, 6.45) is 2.70. The van der Waals surface area contributed by atoms with E-state index in [1.165, 1.54) is 0 Å². The lowest BCUT2D eigenvalue weighted by molar-refractivity contribution is 0.0900. The van der Waals surface area contributed by atoms with Crippen molar-refractivity contribution in [2.45, 2.75) is 25.9 Å². The summed E-state index contributed by atoms with van der Waals surface area (Å²) in [5.41, 5.74) is 0. The predicted molar refractivity (Wildman–Crippen MR) is 66.4 cm³/mol. The van der Waals surface area contributed by atoms with Crippen LogP contribution in [0.4, 0.5) is 5.13 Å². The van der Waals surface area contributed by atoms with Crippen LogP contribution in [-0.2, 0) is 4.74 Å². The Morgan fingerprint density at radius 3 is 3.27 bits per heavy atom. The molecule has 0 bridgehead atoms. The highest BCUT2D eigenvalue weighted by molar-refractivity contribution is 9.10. The van der Waals surface area contributed by atoms with E-state index in [-0.39, 0.29) is 0 Å². The molecule has 2 heterocycles.